The first kappa shape index (κ1) is 36.5. The number of rotatable bonds is 3. The number of allylic oxidation sites excluding steroid dienone is 4. The fourth-order valence-corrected chi connectivity index (χ4v) is 11.1. The maximum atomic E-state index is 6.53. The molecular formula is C57H46BNO2. The molecule has 0 saturated carbocycles. The zero-order chi connectivity index (χ0) is 41.5. The Morgan fingerprint density at radius 2 is 1.20 bits per heavy atom. The molecule has 2 heterocycles. The number of hydrogen-bond acceptors (Lipinski definition) is 3. The lowest BCUT2D eigenvalue weighted by atomic mass is 9.55. The van der Waals surface area contributed by atoms with Crippen molar-refractivity contribution in [1.82, 2.24) is 0 Å². The van der Waals surface area contributed by atoms with Crippen LogP contribution in [0.4, 0.5) is 11.4 Å². The number of hydrogen-bond donors (Lipinski definition) is 1. The van der Waals surface area contributed by atoms with Crippen molar-refractivity contribution >= 4 is 40.3 Å². The number of nitrogens with one attached hydrogen (secondary N) is 1. The van der Waals surface area contributed by atoms with Gasteiger partial charge in [0.15, 0.2) is 0 Å². The predicted octanol–water partition coefficient (Wildman–Crippen LogP) is 12.9. The maximum absolute atomic E-state index is 6.53. The van der Waals surface area contributed by atoms with E-state index in [1.54, 1.807) is 0 Å². The van der Waals surface area contributed by atoms with Gasteiger partial charge in [-0.25, -0.2) is 0 Å². The zero-order valence-electron chi connectivity index (χ0n) is 35.5. The molecule has 2 aliphatic heterocycles. The molecule has 1 fully saturated rings. The summed E-state index contributed by atoms with van der Waals surface area (Å²) in [5.41, 5.74) is 19.2. The van der Waals surface area contributed by atoms with Gasteiger partial charge >= 0.3 is 7.12 Å². The normalized spacial score (nSPS) is 18.5. The van der Waals surface area contributed by atoms with Crippen LogP contribution in [0.2, 0.25) is 0 Å². The Morgan fingerprint density at radius 1 is 0.557 bits per heavy atom. The zero-order valence-corrected chi connectivity index (χ0v) is 35.5. The van der Waals surface area contributed by atoms with Gasteiger partial charge < -0.3 is 14.6 Å². The van der Waals surface area contributed by atoms with Crippen molar-refractivity contribution in [2.24, 2.45) is 0 Å². The first-order valence-corrected chi connectivity index (χ1v) is 21.7. The van der Waals surface area contributed by atoms with Crippen molar-refractivity contribution < 1.29 is 9.31 Å². The van der Waals surface area contributed by atoms with Crippen molar-refractivity contribution in [3.05, 3.63) is 191 Å². The minimum atomic E-state index is -0.549. The van der Waals surface area contributed by atoms with Gasteiger partial charge in [0, 0.05) is 39.8 Å². The molecule has 61 heavy (non-hydrogen) atoms. The third-order valence-corrected chi connectivity index (χ3v) is 14.8. The van der Waals surface area contributed by atoms with E-state index in [2.05, 4.69) is 210 Å². The van der Waals surface area contributed by atoms with Gasteiger partial charge in [0.05, 0.1) is 22.3 Å². The van der Waals surface area contributed by atoms with Gasteiger partial charge in [0.25, 0.3) is 0 Å². The SMILES string of the molecule is CC1(C)c2ccccc2C2(c3ccccc31)c1ccc(C3=CC=CCC#C3)c3c1-c1c2ccc(-c2ccc4ccc(B5OC(C)(C)C(C)(C)O5)cc4c2)c1-c1ccccc1N3. The average Bonchev–Trinajstić information content (AvgIpc) is 3.43. The standard InChI is InChI=1S/C57H46BNO2/c1-54(2)43-20-12-14-22-45(43)57(46-23-15-13-21-44(46)54)47-31-29-40(37-26-25-35-27-28-39(34-38(35)33-37)58-60-55(3,4)56(5,6)61-58)50-42-19-11-16-24-49(42)59-53-41(36-17-9-7-8-10-18-36)30-32-48(57)52(53)51(47)50/h7,9,11-17,19-34,59H,8H2,1-6H3. The molecule has 0 amide bonds. The largest absolute Gasteiger partial charge is 0.494 e. The monoisotopic (exact) mass is 787 g/mol. The Hall–Kier alpha value is -6.38. The fourth-order valence-electron chi connectivity index (χ4n) is 11.1. The third kappa shape index (κ3) is 4.91. The summed E-state index contributed by atoms with van der Waals surface area (Å²) in [5, 5.41) is 6.43. The minimum Gasteiger partial charge on any atom is -0.399 e. The molecule has 0 atom stereocenters. The molecule has 1 N–H and O–H groups in total. The van der Waals surface area contributed by atoms with E-state index in [1.165, 1.54) is 72.1 Å². The molecule has 5 aliphatic rings. The van der Waals surface area contributed by atoms with Gasteiger partial charge in [0.2, 0.25) is 0 Å². The summed E-state index contributed by atoms with van der Waals surface area (Å²) in [6.07, 6.45) is 7.20. The smallest absolute Gasteiger partial charge is 0.399 e. The summed E-state index contributed by atoms with van der Waals surface area (Å²) in [7, 11) is -0.434. The molecule has 0 aromatic heterocycles. The molecule has 1 saturated heterocycles. The number of benzene rings is 7. The first-order valence-electron chi connectivity index (χ1n) is 21.7. The van der Waals surface area contributed by atoms with Crippen LogP contribution in [-0.2, 0) is 20.1 Å². The Kier molecular flexibility index (Phi) is 7.53. The minimum absolute atomic E-state index is 0.189. The second kappa shape index (κ2) is 12.6. The number of para-hydroxylation sites is 1. The lowest BCUT2D eigenvalue weighted by Crippen LogP contribution is -2.41. The molecule has 3 nitrogen and oxygen atoms in total. The van der Waals surface area contributed by atoms with Crippen LogP contribution in [0.25, 0.3) is 49.7 Å². The molecule has 7 aromatic carbocycles. The molecule has 7 aromatic rings. The highest BCUT2D eigenvalue weighted by Crippen LogP contribution is 2.67. The van der Waals surface area contributed by atoms with Crippen molar-refractivity contribution in [2.45, 2.75) is 70.0 Å². The van der Waals surface area contributed by atoms with Crippen molar-refractivity contribution in [3.63, 3.8) is 0 Å². The highest BCUT2D eigenvalue weighted by Gasteiger charge is 2.55. The summed E-state index contributed by atoms with van der Waals surface area (Å²) in [5.74, 6) is 6.95. The second-order valence-corrected chi connectivity index (χ2v) is 18.9. The molecule has 3 aliphatic carbocycles. The average molecular weight is 788 g/mol. The van der Waals surface area contributed by atoms with Crippen LogP contribution in [0.15, 0.2) is 152 Å². The third-order valence-electron chi connectivity index (χ3n) is 14.8. The topological polar surface area (TPSA) is 30.5 Å². The van der Waals surface area contributed by atoms with Crippen molar-refractivity contribution in [3.8, 4) is 45.2 Å². The number of anilines is 2. The van der Waals surface area contributed by atoms with Gasteiger partial charge in [-0.1, -0.05) is 159 Å². The van der Waals surface area contributed by atoms with Crippen LogP contribution in [0, 0.1) is 11.8 Å². The highest BCUT2D eigenvalue weighted by atomic mass is 16.7. The molecule has 0 radical (unpaired) electrons. The summed E-state index contributed by atoms with van der Waals surface area (Å²) in [6, 6.07) is 50.4. The Labute approximate surface area is 359 Å². The quantitative estimate of drug-likeness (QED) is 0.143. The lowest BCUT2D eigenvalue weighted by Gasteiger charge is -2.46. The van der Waals surface area contributed by atoms with E-state index in [-0.39, 0.29) is 5.41 Å². The van der Waals surface area contributed by atoms with Crippen molar-refractivity contribution in [1.29, 1.82) is 0 Å². The van der Waals surface area contributed by atoms with E-state index < -0.39 is 23.7 Å². The van der Waals surface area contributed by atoms with E-state index in [0.29, 0.717) is 0 Å². The van der Waals surface area contributed by atoms with Gasteiger partial charge in [-0.3, -0.25) is 0 Å². The van der Waals surface area contributed by atoms with E-state index in [1.807, 2.05) is 0 Å². The van der Waals surface area contributed by atoms with Gasteiger partial charge in [-0.2, -0.15) is 0 Å². The lowest BCUT2D eigenvalue weighted by molar-refractivity contribution is 0.00578. The summed E-state index contributed by atoms with van der Waals surface area (Å²) < 4.78 is 13.1. The molecule has 0 unspecified atom stereocenters. The molecule has 0 bridgehead atoms. The van der Waals surface area contributed by atoms with E-state index >= 15 is 0 Å². The van der Waals surface area contributed by atoms with Crippen LogP contribution in [0.3, 0.4) is 0 Å². The summed E-state index contributed by atoms with van der Waals surface area (Å²) in [6.45, 7) is 13.2. The molecule has 1 spiro atoms. The van der Waals surface area contributed by atoms with E-state index in [4.69, 9.17) is 9.31 Å². The van der Waals surface area contributed by atoms with Crippen LogP contribution >= 0.6 is 0 Å². The van der Waals surface area contributed by atoms with Crippen LogP contribution < -0.4 is 10.8 Å². The molecule has 12 rings (SSSR count). The van der Waals surface area contributed by atoms with Gasteiger partial charge in [-0.15, -0.1) is 0 Å². The van der Waals surface area contributed by atoms with Gasteiger partial charge in [-0.05, 0) is 118 Å². The first-order chi connectivity index (χ1) is 29.5. The Morgan fingerprint density at radius 3 is 1.93 bits per heavy atom. The van der Waals surface area contributed by atoms with Crippen LogP contribution in [0.1, 0.15) is 86.9 Å². The van der Waals surface area contributed by atoms with Crippen molar-refractivity contribution in [2.75, 3.05) is 5.32 Å². The predicted molar refractivity (Wildman–Crippen MR) is 253 cm³/mol. The van der Waals surface area contributed by atoms with E-state index in [0.717, 1.165) is 39.8 Å². The maximum Gasteiger partial charge on any atom is 0.494 e. The molecule has 4 heteroatoms. The highest BCUT2D eigenvalue weighted by molar-refractivity contribution is 6.62. The van der Waals surface area contributed by atoms with Crippen LogP contribution in [0.5, 0.6) is 0 Å². The number of fused-ring (bicyclic) bond motifs is 9. The summed E-state index contributed by atoms with van der Waals surface area (Å²) in [4.78, 5) is 0. The molecule has 294 valence electrons. The summed E-state index contributed by atoms with van der Waals surface area (Å²) >= 11 is 0. The van der Waals surface area contributed by atoms with E-state index in [9.17, 15) is 0 Å². The Bertz CT molecular complexity index is 3140. The Balaban J connectivity index is 1.18. The second-order valence-electron chi connectivity index (χ2n) is 18.9. The fraction of sp³-hybridized carbons (Fsp3) is 0.193. The van der Waals surface area contributed by atoms with Crippen LogP contribution in [-0.4, -0.2) is 18.3 Å². The molecular weight excluding hydrogens is 741 g/mol. The van der Waals surface area contributed by atoms with Gasteiger partial charge in [0.1, 0.15) is 0 Å².